The van der Waals surface area contributed by atoms with Crippen molar-refractivity contribution in [2.45, 2.75) is 38.9 Å². The molecule has 1 fully saturated rings. The molecule has 0 amide bonds. The summed E-state index contributed by atoms with van der Waals surface area (Å²) in [5, 5.41) is 10.8. The molecule has 0 spiro atoms. The van der Waals surface area contributed by atoms with Crippen molar-refractivity contribution in [1.82, 2.24) is 0 Å². The molecular formula is C17H22O3. The van der Waals surface area contributed by atoms with Crippen LogP contribution in [0.15, 0.2) is 42.5 Å². The Kier molecular flexibility index (Phi) is 4.29. The minimum atomic E-state index is -1.43. The van der Waals surface area contributed by atoms with Crippen LogP contribution in [0.5, 0.6) is 0 Å². The highest BCUT2D eigenvalue weighted by Gasteiger charge is 2.53. The van der Waals surface area contributed by atoms with Gasteiger partial charge in [0.2, 0.25) is 0 Å². The molecule has 0 unspecified atom stereocenters. The van der Waals surface area contributed by atoms with Crippen LogP contribution in [0, 0.1) is 11.8 Å². The molecule has 1 aromatic rings. The lowest BCUT2D eigenvalue weighted by molar-refractivity contribution is -0.174. The van der Waals surface area contributed by atoms with Gasteiger partial charge in [0.05, 0.1) is 0 Å². The smallest absolute Gasteiger partial charge is 0.339 e. The quantitative estimate of drug-likeness (QED) is 0.678. The van der Waals surface area contributed by atoms with Gasteiger partial charge in [0.15, 0.2) is 5.60 Å². The van der Waals surface area contributed by atoms with Gasteiger partial charge < -0.3 is 9.84 Å². The number of carbonyl (C=O) groups excluding carboxylic acids is 1. The van der Waals surface area contributed by atoms with Gasteiger partial charge in [-0.3, -0.25) is 0 Å². The van der Waals surface area contributed by atoms with Crippen molar-refractivity contribution in [1.29, 1.82) is 0 Å². The number of hydrogen-bond donors (Lipinski definition) is 1. The number of esters is 1. The monoisotopic (exact) mass is 274 g/mol. The minimum absolute atomic E-state index is 0.104. The highest BCUT2D eigenvalue weighted by atomic mass is 16.5. The molecular weight excluding hydrogens is 252 g/mol. The van der Waals surface area contributed by atoms with Crippen LogP contribution in [0.2, 0.25) is 0 Å². The van der Waals surface area contributed by atoms with Gasteiger partial charge >= 0.3 is 5.97 Å². The summed E-state index contributed by atoms with van der Waals surface area (Å²) >= 11 is 0. The van der Waals surface area contributed by atoms with E-state index in [0.29, 0.717) is 0 Å². The summed E-state index contributed by atoms with van der Waals surface area (Å²) in [5.74, 6) is -0.840. The van der Waals surface area contributed by atoms with E-state index in [1.54, 1.807) is 0 Å². The summed E-state index contributed by atoms with van der Waals surface area (Å²) in [6.07, 6.45) is 1.60. The van der Waals surface area contributed by atoms with Crippen molar-refractivity contribution in [2.24, 2.45) is 11.8 Å². The Morgan fingerprint density at radius 1 is 1.40 bits per heavy atom. The van der Waals surface area contributed by atoms with Crippen LogP contribution >= 0.6 is 0 Å². The number of hydrogen-bond acceptors (Lipinski definition) is 3. The molecule has 0 radical (unpaired) electrons. The van der Waals surface area contributed by atoms with Crippen LogP contribution in [0.25, 0.3) is 0 Å². The molecule has 3 nitrogen and oxygen atoms in total. The van der Waals surface area contributed by atoms with Gasteiger partial charge in [0.25, 0.3) is 0 Å². The van der Waals surface area contributed by atoms with Gasteiger partial charge in [-0.05, 0) is 31.2 Å². The molecule has 1 saturated carbocycles. The van der Waals surface area contributed by atoms with E-state index in [2.05, 4.69) is 6.58 Å². The van der Waals surface area contributed by atoms with Crippen LogP contribution in [0.1, 0.15) is 32.3 Å². The minimum Gasteiger partial charge on any atom is -0.459 e. The lowest BCUT2D eigenvalue weighted by Gasteiger charge is -2.31. The maximum absolute atomic E-state index is 12.4. The molecule has 0 saturated heterocycles. The Morgan fingerprint density at radius 3 is 2.65 bits per heavy atom. The average Bonchev–Trinajstić information content (AvgIpc) is 2.75. The van der Waals surface area contributed by atoms with E-state index in [0.717, 1.165) is 24.0 Å². The largest absolute Gasteiger partial charge is 0.459 e. The fraction of sp³-hybridized carbons (Fsp3) is 0.471. The van der Waals surface area contributed by atoms with Gasteiger partial charge in [-0.2, -0.15) is 0 Å². The van der Waals surface area contributed by atoms with Gasteiger partial charge in [-0.1, -0.05) is 49.4 Å². The lowest BCUT2D eigenvalue weighted by Crippen LogP contribution is -2.48. The van der Waals surface area contributed by atoms with Crippen molar-refractivity contribution < 1.29 is 14.6 Å². The zero-order chi connectivity index (χ0) is 14.8. The zero-order valence-electron chi connectivity index (χ0n) is 12.1. The second-order valence-electron chi connectivity index (χ2n) is 5.76. The molecule has 0 aliphatic heterocycles. The van der Waals surface area contributed by atoms with Gasteiger partial charge in [0, 0.05) is 5.92 Å². The number of carbonyl (C=O) groups is 1. The van der Waals surface area contributed by atoms with Crippen LogP contribution < -0.4 is 0 Å². The van der Waals surface area contributed by atoms with Crippen molar-refractivity contribution in [3.8, 4) is 0 Å². The summed E-state index contributed by atoms with van der Waals surface area (Å²) in [7, 11) is 0. The van der Waals surface area contributed by atoms with Crippen LogP contribution in [-0.4, -0.2) is 16.7 Å². The molecule has 1 aromatic carbocycles. The van der Waals surface area contributed by atoms with E-state index in [9.17, 15) is 9.90 Å². The van der Waals surface area contributed by atoms with Crippen molar-refractivity contribution in [2.75, 3.05) is 0 Å². The third-order valence-electron chi connectivity index (χ3n) is 4.31. The Hall–Kier alpha value is -1.61. The second kappa shape index (κ2) is 5.80. The number of rotatable bonds is 4. The molecule has 1 N–H and O–H groups in total. The van der Waals surface area contributed by atoms with Crippen molar-refractivity contribution in [3.05, 3.63) is 48.0 Å². The van der Waals surface area contributed by atoms with Gasteiger partial charge in [0.1, 0.15) is 6.61 Å². The normalized spacial score (nSPS) is 29.1. The van der Waals surface area contributed by atoms with Crippen LogP contribution in [0.3, 0.4) is 0 Å². The van der Waals surface area contributed by atoms with Crippen molar-refractivity contribution in [3.63, 3.8) is 0 Å². The highest BCUT2D eigenvalue weighted by molar-refractivity contribution is 5.81. The molecule has 1 aliphatic rings. The van der Waals surface area contributed by atoms with Gasteiger partial charge in [-0.15, -0.1) is 0 Å². The molecule has 0 aromatic heterocycles. The van der Waals surface area contributed by atoms with Gasteiger partial charge in [-0.25, -0.2) is 4.79 Å². The first-order valence-electron chi connectivity index (χ1n) is 7.05. The Balaban J connectivity index is 2.08. The third kappa shape index (κ3) is 2.63. The fourth-order valence-electron chi connectivity index (χ4n) is 3.00. The summed E-state index contributed by atoms with van der Waals surface area (Å²) in [4.78, 5) is 12.4. The Morgan fingerprint density at radius 2 is 2.05 bits per heavy atom. The maximum Gasteiger partial charge on any atom is 0.339 e. The molecule has 0 heterocycles. The molecule has 3 heteroatoms. The summed E-state index contributed by atoms with van der Waals surface area (Å²) in [6, 6.07) is 9.49. The van der Waals surface area contributed by atoms with E-state index in [-0.39, 0.29) is 18.4 Å². The molecule has 1 aliphatic carbocycles. The van der Waals surface area contributed by atoms with E-state index in [1.165, 1.54) is 0 Å². The topological polar surface area (TPSA) is 46.5 Å². The maximum atomic E-state index is 12.4. The Bertz CT molecular complexity index is 494. The van der Waals surface area contributed by atoms with E-state index in [4.69, 9.17) is 4.74 Å². The number of ether oxygens (including phenoxy) is 1. The number of aliphatic hydroxyl groups is 1. The molecule has 3 atom stereocenters. The average molecular weight is 274 g/mol. The summed E-state index contributed by atoms with van der Waals surface area (Å²) < 4.78 is 5.34. The fourth-order valence-corrected chi connectivity index (χ4v) is 3.00. The zero-order valence-corrected chi connectivity index (χ0v) is 12.1. The first-order chi connectivity index (χ1) is 9.46. The standard InChI is InChI=1S/C17H22O3/c1-12(2)15-10-9-13(3)17(15,19)16(18)20-11-14-7-5-4-6-8-14/h4-8,13,15,19H,1,9-11H2,2-3H3/t13-,15-,17-/m1/s1. The van der Waals surface area contributed by atoms with E-state index in [1.807, 2.05) is 44.2 Å². The van der Waals surface area contributed by atoms with Crippen molar-refractivity contribution >= 4 is 5.97 Å². The predicted molar refractivity (Wildman–Crippen MR) is 77.9 cm³/mol. The first kappa shape index (κ1) is 14.8. The third-order valence-corrected chi connectivity index (χ3v) is 4.31. The SMILES string of the molecule is C=C(C)[C@H]1CC[C@@H](C)[C@]1(O)C(=O)OCc1ccccc1. The molecule has 0 bridgehead atoms. The molecule has 20 heavy (non-hydrogen) atoms. The summed E-state index contributed by atoms with van der Waals surface area (Å²) in [6.45, 7) is 7.85. The number of benzene rings is 1. The lowest BCUT2D eigenvalue weighted by atomic mass is 9.81. The van der Waals surface area contributed by atoms with E-state index >= 15 is 0 Å². The van der Waals surface area contributed by atoms with Crippen LogP contribution in [-0.2, 0) is 16.1 Å². The molecule has 2 rings (SSSR count). The van der Waals surface area contributed by atoms with E-state index < -0.39 is 11.6 Å². The summed E-state index contributed by atoms with van der Waals surface area (Å²) in [5.41, 5.74) is 0.330. The second-order valence-corrected chi connectivity index (χ2v) is 5.76. The highest BCUT2D eigenvalue weighted by Crippen LogP contribution is 2.44. The predicted octanol–water partition coefficient (Wildman–Crippen LogP) is 3.08. The molecule has 108 valence electrons. The first-order valence-corrected chi connectivity index (χ1v) is 7.05. The Labute approximate surface area is 120 Å². The van der Waals surface area contributed by atoms with Crippen LogP contribution in [0.4, 0.5) is 0 Å².